The Labute approximate surface area is 368 Å². The lowest BCUT2D eigenvalue weighted by atomic mass is 10.0. The summed E-state index contributed by atoms with van der Waals surface area (Å²) < 4.78 is 35.1. The Morgan fingerprint density at radius 2 is 0.780 bits per heavy atom. The molecule has 0 fully saturated rings. The molecule has 0 aromatic rings. The summed E-state index contributed by atoms with van der Waals surface area (Å²) in [7, 11) is 1.69. The van der Waals surface area contributed by atoms with Crippen molar-refractivity contribution in [1.82, 2.24) is 0 Å². The number of phosphoric acid groups is 1. The number of rotatable bonds is 49. The molecule has 0 aromatic carbocycles. The van der Waals surface area contributed by atoms with Crippen LogP contribution >= 0.6 is 7.82 Å². The van der Waals surface area contributed by atoms with Crippen LogP contribution in [-0.2, 0) is 27.9 Å². The zero-order chi connectivity index (χ0) is 43.4. The summed E-state index contributed by atoms with van der Waals surface area (Å²) >= 11 is 0. The number of carbonyl (C=O) groups excluding carboxylic acids is 1. The number of nitrogens with zero attached hydrogens (tertiary/aromatic N) is 1. The number of hydrogen-bond donors (Lipinski definition) is 1. The van der Waals surface area contributed by atoms with Gasteiger partial charge >= 0.3 is 13.8 Å². The number of carbonyl (C=O) groups is 1. The third-order valence-electron chi connectivity index (χ3n) is 11.7. The fourth-order valence-corrected chi connectivity index (χ4v) is 8.42. The first-order valence-electron chi connectivity index (χ1n) is 25.8. The lowest BCUT2D eigenvalue weighted by molar-refractivity contribution is -0.870. The quantitative estimate of drug-likeness (QED) is 0.0282. The fraction of sp³-hybridized carbons (Fsp3) is 0.980. The van der Waals surface area contributed by atoms with E-state index < -0.39 is 13.9 Å². The van der Waals surface area contributed by atoms with Crippen LogP contribution in [0, 0.1) is 0 Å². The summed E-state index contributed by atoms with van der Waals surface area (Å²) in [5.41, 5.74) is 0. The normalized spacial score (nSPS) is 13.5. The van der Waals surface area contributed by atoms with Crippen LogP contribution in [-0.4, -0.2) is 75.6 Å². The van der Waals surface area contributed by atoms with Gasteiger partial charge in [-0.05, 0) is 12.8 Å². The van der Waals surface area contributed by atoms with Gasteiger partial charge in [0.05, 0.1) is 34.4 Å². The van der Waals surface area contributed by atoms with Gasteiger partial charge in [0.1, 0.15) is 19.3 Å². The van der Waals surface area contributed by atoms with Gasteiger partial charge < -0.3 is 18.9 Å². The number of hydrogen-bond acceptors (Lipinski definition) is 6. The molecule has 2 unspecified atom stereocenters. The van der Waals surface area contributed by atoms with Gasteiger partial charge in [-0.15, -0.1) is 0 Å². The van der Waals surface area contributed by atoms with Crippen molar-refractivity contribution in [3.05, 3.63) is 0 Å². The molecule has 0 bridgehead atoms. The number of esters is 1. The maximum Gasteiger partial charge on any atom is 0.472 e. The maximum atomic E-state index is 12.8. The van der Waals surface area contributed by atoms with Crippen molar-refractivity contribution in [2.45, 2.75) is 264 Å². The fourth-order valence-electron chi connectivity index (χ4n) is 7.67. The zero-order valence-electron chi connectivity index (χ0n) is 40.3. The molecule has 0 spiro atoms. The second-order valence-corrected chi connectivity index (χ2v) is 20.4. The van der Waals surface area contributed by atoms with Crippen LogP contribution in [0.25, 0.3) is 0 Å². The average Bonchev–Trinajstić information content (AvgIpc) is 3.19. The van der Waals surface area contributed by atoms with Gasteiger partial charge in [0, 0.05) is 13.0 Å². The van der Waals surface area contributed by atoms with E-state index >= 15 is 0 Å². The molecule has 2 atom stereocenters. The Hall–Kier alpha value is -0.500. The highest BCUT2D eigenvalue weighted by atomic mass is 31.2. The molecule has 9 heteroatoms. The van der Waals surface area contributed by atoms with E-state index in [0.717, 1.165) is 32.1 Å². The van der Waals surface area contributed by atoms with Crippen molar-refractivity contribution >= 4 is 13.8 Å². The van der Waals surface area contributed by atoms with Crippen LogP contribution in [0.1, 0.15) is 258 Å². The molecule has 0 aliphatic heterocycles. The van der Waals surface area contributed by atoms with Gasteiger partial charge in [-0.3, -0.25) is 13.8 Å². The lowest BCUT2D eigenvalue weighted by Crippen LogP contribution is -2.37. The molecule has 0 aliphatic rings. The van der Waals surface area contributed by atoms with E-state index in [1.165, 1.54) is 205 Å². The van der Waals surface area contributed by atoms with E-state index in [-0.39, 0.29) is 25.8 Å². The summed E-state index contributed by atoms with van der Waals surface area (Å²) in [6.45, 7) is 5.70. The van der Waals surface area contributed by atoms with Gasteiger partial charge in [0.25, 0.3) is 0 Å². The standard InChI is InChI=1S/C50H102NO7P/c1-6-8-10-12-14-16-18-20-22-23-24-25-26-27-28-29-31-33-35-37-39-41-43-50(52)58-49(48-57-59(53,54)56-46-44-51(3,4)5)47-55-45-42-40-38-36-34-32-30-21-19-17-15-13-11-9-7-2/h49H,6-48H2,1-5H3/p+1. The molecular weight excluding hydrogens is 758 g/mol. The van der Waals surface area contributed by atoms with Crippen LogP contribution in [0.15, 0.2) is 0 Å². The molecular formula is C50H103NO7P+. The van der Waals surface area contributed by atoms with Crippen molar-refractivity contribution in [3.63, 3.8) is 0 Å². The van der Waals surface area contributed by atoms with Crippen molar-refractivity contribution in [2.75, 3.05) is 54.1 Å². The highest BCUT2D eigenvalue weighted by Crippen LogP contribution is 2.43. The highest BCUT2D eigenvalue weighted by molar-refractivity contribution is 7.47. The molecule has 1 N–H and O–H groups in total. The topological polar surface area (TPSA) is 91.3 Å². The van der Waals surface area contributed by atoms with Gasteiger partial charge in [0.15, 0.2) is 0 Å². The van der Waals surface area contributed by atoms with E-state index in [4.69, 9.17) is 18.5 Å². The van der Waals surface area contributed by atoms with Crippen LogP contribution < -0.4 is 0 Å². The number of ether oxygens (including phenoxy) is 2. The van der Waals surface area contributed by atoms with Crippen molar-refractivity contribution in [2.24, 2.45) is 0 Å². The molecule has 59 heavy (non-hydrogen) atoms. The smallest absolute Gasteiger partial charge is 0.457 e. The second-order valence-electron chi connectivity index (χ2n) is 18.9. The molecule has 0 radical (unpaired) electrons. The Bertz CT molecular complexity index is 914. The first-order valence-corrected chi connectivity index (χ1v) is 27.3. The third-order valence-corrected chi connectivity index (χ3v) is 12.7. The minimum absolute atomic E-state index is 0.0942. The summed E-state index contributed by atoms with van der Waals surface area (Å²) in [6.07, 6.45) is 48.6. The molecule has 0 aromatic heterocycles. The molecule has 0 saturated carbocycles. The Morgan fingerprint density at radius 1 is 0.458 bits per heavy atom. The molecule has 0 rings (SSSR count). The predicted molar refractivity (Wildman–Crippen MR) is 252 cm³/mol. The minimum Gasteiger partial charge on any atom is -0.457 e. The molecule has 0 amide bonds. The van der Waals surface area contributed by atoms with Crippen molar-refractivity contribution in [1.29, 1.82) is 0 Å². The highest BCUT2D eigenvalue weighted by Gasteiger charge is 2.26. The van der Waals surface area contributed by atoms with E-state index in [1.807, 2.05) is 21.1 Å². The second kappa shape index (κ2) is 44.1. The zero-order valence-corrected chi connectivity index (χ0v) is 41.2. The van der Waals surface area contributed by atoms with Crippen LogP contribution in [0.2, 0.25) is 0 Å². The van der Waals surface area contributed by atoms with Crippen molar-refractivity contribution < 1.29 is 37.3 Å². The molecule has 0 heterocycles. The monoisotopic (exact) mass is 861 g/mol. The largest absolute Gasteiger partial charge is 0.472 e. The Morgan fingerprint density at radius 3 is 1.12 bits per heavy atom. The van der Waals surface area contributed by atoms with E-state index in [9.17, 15) is 14.3 Å². The lowest BCUT2D eigenvalue weighted by Gasteiger charge is -2.24. The molecule has 0 saturated heterocycles. The maximum absolute atomic E-state index is 12.8. The summed E-state index contributed by atoms with van der Waals surface area (Å²) in [6, 6.07) is 0. The van der Waals surface area contributed by atoms with Crippen LogP contribution in [0.3, 0.4) is 0 Å². The average molecular weight is 861 g/mol. The van der Waals surface area contributed by atoms with E-state index in [2.05, 4.69) is 13.8 Å². The first-order chi connectivity index (χ1) is 28.6. The summed E-state index contributed by atoms with van der Waals surface area (Å²) in [5.74, 6) is -0.305. The summed E-state index contributed by atoms with van der Waals surface area (Å²) in [5, 5.41) is 0. The SMILES string of the molecule is CCCCCCCCCCCCCCCCCCCCCCCCC(=O)OC(COCCCCCCCCCCCCCCCCC)COP(=O)(O)OCC[N+](C)(C)C. The van der Waals surface area contributed by atoms with Gasteiger partial charge in [0.2, 0.25) is 0 Å². The van der Waals surface area contributed by atoms with Gasteiger partial charge in [-0.2, -0.15) is 0 Å². The Balaban J connectivity index is 4.06. The van der Waals surface area contributed by atoms with Crippen LogP contribution in [0.4, 0.5) is 0 Å². The summed E-state index contributed by atoms with van der Waals surface area (Å²) in [4.78, 5) is 23.0. The number of phosphoric ester groups is 1. The number of likely N-dealkylation sites (N-methyl/N-ethyl adjacent to an activating group) is 1. The minimum atomic E-state index is -4.27. The van der Waals surface area contributed by atoms with Crippen LogP contribution in [0.5, 0.6) is 0 Å². The van der Waals surface area contributed by atoms with Gasteiger partial charge in [-0.1, -0.05) is 239 Å². The number of unbranched alkanes of at least 4 members (excludes halogenated alkanes) is 35. The third kappa shape index (κ3) is 48.4. The first kappa shape index (κ1) is 58.5. The van der Waals surface area contributed by atoms with Crippen molar-refractivity contribution in [3.8, 4) is 0 Å². The molecule has 354 valence electrons. The van der Waals surface area contributed by atoms with Gasteiger partial charge in [-0.25, -0.2) is 4.57 Å². The van der Waals surface area contributed by atoms with E-state index in [1.54, 1.807) is 0 Å². The molecule has 0 aliphatic carbocycles. The van der Waals surface area contributed by atoms with E-state index in [0.29, 0.717) is 24.1 Å². The predicted octanol–water partition coefficient (Wildman–Crippen LogP) is 15.6. The number of quaternary nitrogens is 1. The molecule has 8 nitrogen and oxygen atoms in total. The Kier molecular flexibility index (Phi) is 43.7.